The largest absolute Gasteiger partial charge is 0.476 e. The molecule has 0 unspecified atom stereocenters. The van der Waals surface area contributed by atoms with E-state index in [2.05, 4.69) is 15.1 Å². The molecule has 3 aromatic rings. The molecule has 2 aromatic heterocycles. The molecular formula is C12H7N3O4. The van der Waals surface area contributed by atoms with Crippen molar-refractivity contribution in [3.05, 3.63) is 42.5 Å². The standard InChI is InChI=1S/C12H7N3O4/c16-12(17)11-8-2-1-7(5-9(8)19-15-11)18-10-3-4-13-6-14-10/h1-6H,(H,16,17). The van der Waals surface area contributed by atoms with Gasteiger partial charge in [-0.15, -0.1) is 0 Å². The highest BCUT2D eigenvalue weighted by molar-refractivity contribution is 6.00. The van der Waals surface area contributed by atoms with Crippen LogP contribution in [0.15, 0.2) is 41.3 Å². The molecule has 0 aliphatic carbocycles. The lowest BCUT2D eigenvalue weighted by molar-refractivity contribution is 0.0688. The topological polar surface area (TPSA) is 98.3 Å². The monoisotopic (exact) mass is 257 g/mol. The zero-order chi connectivity index (χ0) is 13.2. The van der Waals surface area contributed by atoms with Gasteiger partial charge in [-0.05, 0) is 12.1 Å². The molecular weight excluding hydrogens is 250 g/mol. The third-order valence-corrected chi connectivity index (χ3v) is 2.42. The molecule has 94 valence electrons. The summed E-state index contributed by atoms with van der Waals surface area (Å²) >= 11 is 0. The zero-order valence-electron chi connectivity index (χ0n) is 9.48. The third kappa shape index (κ3) is 2.08. The Kier molecular flexibility index (Phi) is 2.57. The third-order valence-electron chi connectivity index (χ3n) is 2.42. The maximum atomic E-state index is 10.9. The van der Waals surface area contributed by atoms with Crippen molar-refractivity contribution in [1.82, 2.24) is 15.1 Å². The molecule has 0 spiro atoms. The summed E-state index contributed by atoms with van der Waals surface area (Å²) in [7, 11) is 0. The Morgan fingerprint density at radius 1 is 1.32 bits per heavy atom. The molecule has 0 radical (unpaired) electrons. The number of aromatic nitrogens is 3. The second kappa shape index (κ2) is 4.37. The van der Waals surface area contributed by atoms with Gasteiger partial charge in [0.2, 0.25) is 5.88 Å². The highest BCUT2D eigenvalue weighted by atomic mass is 16.5. The Balaban J connectivity index is 1.97. The van der Waals surface area contributed by atoms with Crippen LogP contribution in [0, 0.1) is 0 Å². The summed E-state index contributed by atoms with van der Waals surface area (Å²) < 4.78 is 10.4. The molecule has 0 aliphatic heterocycles. The summed E-state index contributed by atoms with van der Waals surface area (Å²) in [6, 6.07) is 6.35. The van der Waals surface area contributed by atoms with Crippen molar-refractivity contribution < 1.29 is 19.2 Å². The van der Waals surface area contributed by atoms with Gasteiger partial charge in [-0.1, -0.05) is 5.16 Å². The van der Waals surface area contributed by atoms with Crippen molar-refractivity contribution in [3.63, 3.8) is 0 Å². The highest BCUT2D eigenvalue weighted by Gasteiger charge is 2.15. The predicted octanol–water partition coefficient (Wildman–Crippen LogP) is 2.11. The zero-order valence-corrected chi connectivity index (χ0v) is 9.48. The average Bonchev–Trinajstić information content (AvgIpc) is 2.83. The quantitative estimate of drug-likeness (QED) is 0.767. The lowest BCUT2D eigenvalue weighted by Gasteiger charge is -2.02. The van der Waals surface area contributed by atoms with E-state index in [-0.39, 0.29) is 5.69 Å². The number of ether oxygens (including phenoxy) is 1. The van der Waals surface area contributed by atoms with E-state index in [1.807, 2.05) is 0 Å². The van der Waals surface area contributed by atoms with Gasteiger partial charge in [-0.25, -0.2) is 14.8 Å². The molecule has 19 heavy (non-hydrogen) atoms. The number of hydrogen-bond donors (Lipinski definition) is 1. The van der Waals surface area contributed by atoms with Crippen LogP contribution in [-0.4, -0.2) is 26.2 Å². The Hall–Kier alpha value is -2.96. The number of nitrogens with zero attached hydrogens (tertiary/aromatic N) is 3. The first-order valence-electron chi connectivity index (χ1n) is 5.30. The molecule has 7 heteroatoms. The second-order valence-electron chi connectivity index (χ2n) is 3.64. The molecule has 0 fully saturated rings. The average molecular weight is 257 g/mol. The Morgan fingerprint density at radius 2 is 2.21 bits per heavy atom. The number of rotatable bonds is 3. The molecule has 0 saturated heterocycles. The number of hydrogen-bond acceptors (Lipinski definition) is 6. The van der Waals surface area contributed by atoms with Crippen LogP contribution in [0.4, 0.5) is 0 Å². The fourth-order valence-corrected chi connectivity index (χ4v) is 1.60. The minimum absolute atomic E-state index is 0.122. The van der Waals surface area contributed by atoms with Crippen LogP contribution in [0.2, 0.25) is 0 Å². The molecule has 1 aromatic carbocycles. The maximum absolute atomic E-state index is 10.9. The number of carboxylic acids is 1. The minimum Gasteiger partial charge on any atom is -0.476 e. The van der Waals surface area contributed by atoms with Gasteiger partial charge in [-0.3, -0.25) is 0 Å². The normalized spacial score (nSPS) is 10.5. The van der Waals surface area contributed by atoms with Gasteiger partial charge in [0.05, 0.1) is 5.39 Å². The highest BCUT2D eigenvalue weighted by Crippen LogP contribution is 2.26. The van der Waals surface area contributed by atoms with Gasteiger partial charge >= 0.3 is 5.97 Å². The summed E-state index contributed by atoms with van der Waals surface area (Å²) in [5.41, 5.74) is 0.215. The fraction of sp³-hybridized carbons (Fsp3) is 0. The van der Waals surface area contributed by atoms with Crippen molar-refractivity contribution in [2.45, 2.75) is 0 Å². The van der Waals surface area contributed by atoms with E-state index in [1.54, 1.807) is 30.5 Å². The molecule has 1 N–H and O–H groups in total. The maximum Gasteiger partial charge on any atom is 0.358 e. The number of carbonyl (C=O) groups is 1. The van der Waals surface area contributed by atoms with Gasteiger partial charge in [0, 0.05) is 18.3 Å². The number of fused-ring (bicyclic) bond motifs is 1. The van der Waals surface area contributed by atoms with E-state index in [0.29, 0.717) is 22.6 Å². The SMILES string of the molecule is O=C(O)c1noc2cc(Oc3ccncn3)ccc12. The number of aromatic carboxylic acids is 1. The molecule has 0 atom stereocenters. The molecule has 0 saturated carbocycles. The lowest BCUT2D eigenvalue weighted by Crippen LogP contribution is -1.96. The van der Waals surface area contributed by atoms with Gasteiger partial charge in [0.1, 0.15) is 12.1 Å². The summed E-state index contributed by atoms with van der Waals surface area (Å²) in [5.74, 6) is -0.283. The van der Waals surface area contributed by atoms with E-state index in [0.717, 1.165) is 0 Å². The smallest absolute Gasteiger partial charge is 0.358 e. The molecule has 0 bridgehead atoms. The molecule has 3 rings (SSSR count). The van der Waals surface area contributed by atoms with Crippen LogP contribution >= 0.6 is 0 Å². The fourth-order valence-electron chi connectivity index (χ4n) is 1.60. The van der Waals surface area contributed by atoms with E-state index in [9.17, 15) is 4.79 Å². The van der Waals surface area contributed by atoms with Crippen LogP contribution in [0.1, 0.15) is 10.5 Å². The minimum atomic E-state index is -1.14. The van der Waals surface area contributed by atoms with Crippen LogP contribution in [0.3, 0.4) is 0 Å². The first-order chi connectivity index (χ1) is 9.24. The first-order valence-corrected chi connectivity index (χ1v) is 5.30. The van der Waals surface area contributed by atoms with Crippen molar-refractivity contribution >= 4 is 16.9 Å². The Morgan fingerprint density at radius 3 is 2.95 bits per heavy atom. The van der Waals surface area contributed by atoms with Gasteiger partial charge in [0.25, 0.3) is 0 Å². The van der Waals surface area contributed by atoms with E-state index < -0.39 is 5.97 Å². The summed E-state index contributed by atoms with van der Waals surface area (Å²) in [4.78, 5) is 18.6. The van der Waals surface area contributed by atoms with Crippen molar-refractivity contribution in [3.8, 4) is 11.6 Å². The Bertz CT molecular complexity index is 739. The lowest BCUT2D eigenvalue weighted by atomic mass is 10.2. The molecule has 7 nitrogen and oxygen atoms in total. The summed E-state index contributed by atoms with van der Waals surface area (Å²) in [5, 5.41) is 12.8. The van der Waals surface area contributed by atoms with Crippen LogP contribution in [0.25, 0.3) is 11.0 Å². The van der Waals surface area contributed by atoms with Gasteiger partial charge in [-0.2, -0.15) is 0 Å². The summed E-state index contributed by atoms with van der Waals surface area (Å²) in [6.07, 6.45) is 2.92. The van der Waals surface area contributed by atoms with Gasteiger partial charge in [0.15, 0.2) is 11.3 Å². The van der Waals surface area contributed by atoms with Crippen molar-refractivity contribution in [1.29, 1.82) is 0 Å². The summed E-state index contributed by atoms with van der Waals surface area (Å²) in [6.45, 7) is 0. The Labute approximate surface area is 106 Å². The molecule has 0 amide bonds. The molecule has 2 heterocycles. The number of benzene rings is 1. The van der Waals surface area contributed by atoms with Crippen molar-refractivity contribution in [2.75, 3.05) is 0 Å². The van der Waals surface area contributed by atoms with Gasteiger partial charge < -0.3 is 14.4 Å². The van der Waals surface area contributed by atoms with E-state index >= 15 is 0 Å². The second-order valence-corrected chi connectivity index (χ2v) is 3.64. The van der Waals surface area contributed by atoms with E-state index in [1.165, 1.54) is 6.33 Å². The van der Waals surface area contributed by atoms with Crippen LogP contribution in [-0.2, 0) is 0 Å². The first kappa shape index (κ1) is 11.1. The van der Waals surface area contributed by atoms with Crippen LogP contribution in [0.5, 0.6) is 11.6 Å². The van der Waals surface area contributed by atoms with Crippen LogP contribution < -0.4 is 4.74 Å². The van der Waals surface area contributed by atoms with E-state index in [4.69, 9.17) is 14.4 Å². The molecule has 0 aliphatic rings. The predicted molar refractivity (Wildman–Crippen MR) is 63.1 cm³/mol. The number of carboxylic acid groups (broad SMARTS) is 1. The van der Waals surface area contributed by atoms with Crippen molar-refractivity contribution in [2.24, 2.45) is 0 Å².